The van der Waals surface area contributed by atoms with Gasteiger partial charge in [0.1, 0.15) is 5.82 Å². The Morgan fingerprint density at radius 3 is 2.04 bits per heavy atom. The molecule has 4 aliphatic rings. The Morgan fingerprint density at radius 1 is 0.625 bits per heavy atom. The smallest absolute Gasteiger partial charge is 0.142 e. The zero-order valence-electron chi connectivity index (χ0n) is 27.3. The van der Waals surface area contributed by atoms with Gasteiger partial charge in [0, 0.05) is 11.8 Å². The summed E-state index contributed by atoms with van der Waals surface area (Å²) >= 11 is 0. The molecule has 2 nitrogen and oxygen atoms in total. The fourth-order valence-electron chi connectivity index (χ4n) is 9.59. The lowest BCUT2D eigenvalue weighted by atomic mass is 9.57. The van der Waals surface area contributed by atoms with E-state index in [1.165, 1.54) is 72.6 Å². The van der Waals surface area contributed by atoms with Crippen LogP contribution in [-0.2, 0) is 10.8 Å². The third kappa shape index (κ3) is 3.30. The third-order valence-corrected chi connectivity index (χ3v) is 11.5. The molecule has 1 unspecified atom stereocenters. The van der Waals surface area contributed by atoms with Crippen LogP contribution in [0.15, 0.2) is 157 Å². The molecule has 10 rings (SSSR count). The molecule has 0 saturated heterocycles. The van der Waals surface area contributed by atoms with Crippen molar-refractivity contribution in [2.24, 2.45) is 0 Å². The van der Waals surface area contributed by atoms with E-state index in [9.17, 15) is 0 Å². The number of anilines is 3. The van der Waals surface area contributed by atoms with Crippen LogP contribution in [0.25, 0.3) is 5.57 Å². The largest absolute Gasteiger partial charge is 0.294 e. The van der Waals surface area contributed by atoms with Crippen molar-refractivity contribution in [3.63, 3.8) is 0 Å². The highest BCUT2D eigenvalue weighted by atomic mass is 15.2. The monoisotopic (exact) mass is 616 g/mol. The summed E-state index contributed by atoms with van der Waals surface area (Å²) in [6.07, 6.45) is 8.79. The molecular formula is C46H36N2. The molecule has 5 aromatic carbocycles. The minimum Gasteiger partial charge on any atom is -0.294 e. The van der Waals surface area contributed by atoms with E-state index in [1.54, 1.807) is 0 Å². The number of benzene rings is 5. The second kappa shape index (κ2) is 10.0. The molecule has 1 spiro atoms. The summed E-state index contributed by atoms with van der Waals surface area (Å²) in [5.74, 6) is 1.42. The quantitative estimate of drug-likeness (QED) is 0.196. The van der Waals surface area contributed by atoms with Crippen LogP contribution in [0.4, 0.5) is 17.2 Å². The fourth-order valence-corrected chi connectivity index (χ4v) is 9.59. The first-order chi connectivity index (χ1) is 23.7. The van der Waals surface area contributed by atoms with Gasteiger partial charge in [-0.2, -0.15) is 0 Å². The van der Waals surface area contributed by atoms with Gasteiger partial charge in [0.05, 0.1) is 22.2 Å². The average molecular weight is 617 g/mol. The van der Waals surface area contributed by atoms with E-state index < -0.39 is 10.8 Å². The maximum atomic E-state index is 5.33. The molecule has 0 fully saturated rings. The van der Waals surface area contributed by atoms with Gasteiger partial charge in [0.25, 0.3) is 0 Å². The number of hydrogen-bond donors (Lipinski definition) is 0. The number of pyridine rings is 1. The first-order valence-electron chi connectivity index (χ1n) is 17.3. The number of allylic oxidation sites excluding steroid dienone is 4. The molecule has 48 heavy (non-hydrogen) atoms. The van der Waals surface area contributed by atoms with Crippen molar-refractivity contribution in [3.8, 4) is 0 Å². The maximum absolute atomic E-state index is 5.33. The molecule has 0 N–H and O–H groups in total. The first-order valence-corrected chi connectivity index (χ1v) is 17.3. The molecule has 0 bridgehead atoms. The second-order valence-electron chi connectivity index (χ2n) is 14.0. The molecule has 1 aromatic heterocycles. The predicted octanol–water partition coefficient (Wildman–Crippen LogP) is 11.1. The van der Waals surface area contributed by atoms with Crippen LogP contribution in [-0.4, -0.2) is 4.98 Å². The van der Waals surface area contributed by atoms with Crippen LogP contribution >= 0.6 is 0 Å². The third-order valence-electron chi connectivity index (χ3n) is 11.5. The zero-order chi connectivity index (χ0) is 32.0. The van der Waals surface area contributed by atoms with Crippen LogP contribution in [0.2, 0.25) is 0 Å². The zero-order valence-corrected chi connectivity index (χ0v) is 27.3. The van der Waals surface area contributed by atoms with E-state index in [2.05, 4.69) is 164 Å². The van der Waals surface area contributed by atoms with Crippen LogP contribution in [0.3, 0.4) is 0 Å². The molecule has 0 amide bonds. The summed E-state index contributed by atoms with van der Waals surface area (Å²) < 4.78 is 0. The SMILES string of the molecule is CC(C)c1ccc2c(c1)N1c3ncccc3C3(C4=C(C=CCC4)c4ccccc43)c3cccc(c31)C2(c1ccccc1)c1ccccc1. The number of fused-ring (bicyclic) bond motifs is 10. The van der Waals surface area contributed by atoms with Crippen molar-refractivity contribution in [3.05, 3.63) is 207 Å². The molecule has 2 heteroatoms. The van der Waals surface area contributed by atoms with Crippen molar-refractivity contribution in [2.45, 2.75) is 43.4 Å². The minimum atomic E-state index is -0.537. The van der Waals surface area contributed by atoms with Gasteiger partial charge in [0.15, 0.2) is 0 Å². The van der Waals surface area contributed by atoms with Gasteiger partial charge in [-0.15, -0.1) is 0 Å². The second-order valence-corrected chi connectivity index (χ2v) is 14.0. The van der Waals surface area contributed by atoms with Gasteiger partial charge < -0.3 is 0 Å². The molecule has 6 aromatic rings. The molecule has 2 aliphatic heterocycles. The lowest BCUT2D eigenvalue weighted by molar-refractivity contribution is 0.661. The van der Waals surface area contributed by atoms with Gasteiger partial charge in [-0.05, 0) is 86.5 Å². The van der Waals surface area contributed by atoms with E-state index in [0.29, 0.717) is 5.92 Å². The van der Waals surface area contributed by atoms with Crippen molar-refractivity contribution < 1.29 is 0 Å². The molecule has 3 heterocycles. The molecule has 230 valence electrons. The van der Waals surface area contributed by atoms with E-state index in [0.717, 1.165) is 18.7 Å². The summed E-state index contributed by atoms with van der Waals surface area (Å²) in [5.41, 5.74) is 16.2. The Hall–Kier alpha value is -5.47. The van der Waals surface area contributed by atoms with Crippen LogP contribution in [0, 0.1) is 0 Å². The molecule has 0 saturated carbocycles. The highest BCUT2D eigenvalue weighted by Crippen LogP contribution is 2.68. The normalized spacial score (nSPS) is 19.1. The minimum absolute atomic E-state index is 0.387. The average Bonchev–Trinajstić information content (AvgIpc) is 3.44. The number of nitrogens with zero attached hydrogens (tertiary/aromatic N) is 2. The van der Waals surface area contributed by atoms with Gasteiger partial charge >= 0.3 is 0 Å². The Morgan fingerprint density at radius 2 is 1.29 bits per heavy atom. The lowest BCUT2D eigenvalue weighted by Gasteiger charge is -2.52. The topological polar surface area (TPSA) is 16.1 Å². The van der Waals surface area contributed by atoms with E-state index in [4.69, 9.17) is 4.98 Å². The van der Waals surface area contributed by atoms with Gasteiger partial charge in [0.2, 0.25) is 0 Å². The van der Waals surface area contributed by atoms with Crippen LogP contribution in [0.5, 0.6) is 0 Å². The summed E-state index contributed by atoms with van der Waals surface area (Å²) in [6.45, 7) is 4.59. The molecule has 1 atom stereocenters. The Kier molecular flexibility index (Phi) is 5.76. The molecule has 2 aliphatic carbocycles. The first kappa shape index (κ1) is 27.6. The summed E-state index contributed by atoms with van der Waals surface area (Å²) in [7, 11) is 0. The predicted molar refractivity (Wildman–Crippen MR) is 196 cm³/mol. The number of rotatable bonds is 3. The fraction of sp³-hybridized carbons (Fsp3) is 0.152. The van der Waals surface area contributed by atoms with E-state index in [-0.39, 0.29) is 0 Å². The van der Waals surface area contributed by atoms with E-state index in [1.807, 2.05) is 6.20 Å². The molecule has 0 radical (unpaired) electrons. The van der Waals surface area contributed by atoms with Crippen molar-refractivity contribution in [1.29, 1.82) is 0 Å². The number of aromatic nitrogens is 1. The van der Waals surface area contributed by atoms with Crippen molar-refractivity contribution in [1.82, 2.24) is 4.98 Å². The van der Waals surface area contributed by atoms with Crippen LogP contribution in [0.1, 0.15) is 82.7 Å². The van der Waals surface area contributed by atoms with Gasteiger partial charge in [-0.1, -0.05) is 147 Å². The number of hydrogen-bond acceptors (Lipinski definition) is 2. The van der Waals surface area contributed by atoms with Crippen LogP contribution < -0.4 is 4.90 Å². The Balaban J connectivity index is 1.43. The van der Waals surface area contributed by atoms with Gasteiger partial charge in [-0.25, -0.2) is 4.98 Å². The Labute approximate surface area is 282 Å². The maximum Gasteiger partial charge on any atom is 0.142 e. The highest BCUT2D eigenvalue weighted by molar-refractivity contribution is 6.00. The standard InChI is InChI=1S/C46H36N2/c1-30(2)31-26-27-38-42(29-31)48-43-39(45(38,32-15-5-3-6-16-32)33-17-7-4-8-18-33)23-13-24-40(43)46(41-25-14-28-47-44(41)48)36-21-11-9-19-34(36)35-20-10-12-22-37(35)46/h3-11,13-21,23-30H,12,22H2,1-2H3. The molecular weight excluding hydrogens is 581 g/mol. The summed E-state index contributed by atoms with van der Waals surface area (Å²) in [6, 6.07) is 50.3. The summed E-state index contributed by atoms with van der Waals surface area (Å²) in [4.78, 5) is 7.85. The number of para-hydroxylation sites is 1. The highest BCUT2D eigenvalue weighted by Gasteiger charge is 2.57. The van der Waals surface area contributed by atoms with Crippen molar-refractivity contribution in [2.75, 3.05) is 4.90 Å². The lowest BCUT2D eigenvalue weighted by Crippen LogP contribution is -2.44. The van der Waals surface area contributed by atoms with Crippen molar-refractivity contribution >= 4 is 22.8 Å². The van der Waals surface area contributed by atoms with Gasteiger partial charge in [-0.3, -0.25) is 4.90 Å². The summed E-state index contributed by atoms with van der Waals surface area (Å²) in [5, 5.41) is 0. The Bertz CT molecular complexity index is 2290. The van der Waals surface area contributed by atoms with E-state index >= 15 is 0 Å².